The lowest BCUT2D eigenvalue weighted by Crippen LogP contribution is -2.35. The van der Waals surface area contributed by atoms with E-state index in [0.717, 1.165) is 0 Å². The fourth-order valence-corrected chi connectivity index (χ4v) is 1.77. The van der Waals surface area contributed by atoms with Crippen molar-refractivity contribution in [2.24, 2.45) is 0 Å². The number of anilines is 1. The van der Waals surface area contributed by atoms with Gasteiger partial charge in [0.1, 0.15) is 5.82 Å². The van der Waals surface area contributed by atoms with Crippen molar-refractivity contribution in [1.82, 2.24) is 19.9 Å². The van der Waals surface area contributed by atoms with Crippen molar-refractivity contribution in [3.8, 4) is 0 Å². The third-order valence-corrected chi connectivity index (χ3v) is 2.70. The van der Waals surface area contributed by atoms with Crippen molar-refractivity contribution in [3.05, 3.63) is 42.6 Å². The van der Waals surface area contributed by atoms with Gasteiger partial charge in [0.05, 0.1) is 6.33 Å². The summed E-state index contributed by atoms with van der Waals surface area (Å²) < 4.78 is 1.93. The van der Waals surface area contributed by atoms with Gasteiger partial charge in [-0.1, -0.05) is 0 Å². The number of hydrogen-bond acceptors (Lipinski definition) is 4. The number of rotatable bonds is 5. The Bertz CT molecular complexity index is 538. The minimum absolute atomic E-state index is 0.0212. The molecule has 100 valence electrons. The van der Waals surface area contributed by atoms with E-state index in [-0.39, 0.29) is 11.9 Å². The van der Waals surface area contributed by atoms with Crippen molar-refractivity contribution in [2.45, 2.75) is 19.5 Å². The normalized spacial score (nSPS) is 11.9. The van der Waals surface area contributed by atoms with Gasteiger partial charge in [0, 0.05) is 43.8 Å². The Labute approximate surface area is 111 Å². The van der Waals surface area contributed by atoms with Gasteiger partial charge < -0.3 is 15.2 Å². The summed E-state index contributed by atoms with van der Waals surface area (Å²) in [6.45, 7) is 2.65. The molecule has 2 heterocycles. The Morgan fingerprint density at radius 2 is 2.32 bits per heavy atom. The lowest BCUT2D eigenvalue weighted by Gasteiger charge is -2.14. The molecule has 0 fully saturated rings. The highest BCUT2D eigenvalue weighted by molar-refractivity contribution is 5.94. The number of pyridine rings is 1. The molecule has 0 saturated carbocycles. The van der Waals surface area contributed by atoms with Crippen LogP contribution in [0, 0.1) is 0 Å². The van der Waals surface area contributed by atoms with Crippen molar-refractivity contribution in [2.75, 3.05) is 12.4 Å². The summed E-state index contributed by atoms with van der Waals surface area (Å²) in [5.41, 5.74) is 0.594. The van der Waals surface area contributed by atoms with Crippen LogP contribution in [0.15, 0.2) is 37.1 Å². The van der Waals surface area contributed by atoms with Crippen LogP contribution in [0.4, 0.5) is 5.82 Å². The van der Waals surface area contributed by atoms with E-state index in [1.165, 1.54) is 0 Å². The van der Waals surface area contributed by atoms with Crippen LogP contribution in [0.5, 0.6) is 0 Å². The molecular formula is C13H17N5O. The van der Waals surface area contributed by atoms with E-state index in [0.29, 0.717) is 17.9 Å². The molecule has 0 radical (unpaired) electrons. The van der Waals surface area contributed by atoms with Crippen molar-refractivity contribution in [1.29, 1.82) is 0 Å². The Hall–Kier alpha value is -2.37. The van der Waals surface area contributed by atoms with Gasteiger partial charge in [-0.2, -0.15) is 0 Å². The molecule has 19 heavy (non-hydrogen) atoms. The maximum absolute atomic E-state index is 12.1. The minimum atomic E-state index is -0.105. The van der Waals surface area contributed by atoms with Crippen molar-refractivity contribution in [3.63, 3.8) is 0 Å². The molecule has 6 nitrogen and oxygen atoms in total. The predicted molar refractivity (Wildman–Crippen MR) is 72.9 cm³/mol. The molecule has 0 aliphatic heterocycles. The Morgan fingerprint density at radius 3 is 3.00 bits per heavy atom. The quantitative estimate of drug-likeness (QED) is 0.844. The van der Waals surface area contributed by atoms with Crippen LogP contribution in [0.3, 0.4) is 0 Å². The molecule has 2 aromatic rings. The Balaban J connectivity index is 1.96. The summed E-state index contributed by atoms with van der Waals surface area (Å²) in [5.74, 6) is 0.571. The summed E-state index contributed by atoms with van der Waals surface area (Å²) in [6.07, 6.45) is 6.93. The number of aromatic nitrogens is 3. The summed E-state index contributed by atoms with van der Waals surface area (Å²) in [7, 11) is 1.77. The van der Waals surface area contributed by atoms with Crippen LogP contribution >= 0.6 is 0 Å². The second-order valence-corrected chi connectivity index (χ2v) is 4.31. The molecule has 0 saturated heterocycles. The molecule has 6 heteroatoms. The zero-order valence-electron chi connectivity index (χ0n) is 11.0. The maximum atomic E-state index is 12.1. The van der Waals surface area contributed by atoms with Crippen LogP contribution in [-0.4, -0.2) is 33.5 Å². The molecule has 0 aliphatic rings. The number of carbonyl (C=O) groups is 1. The maximum Gasteiger partial charge on any atom is 0.251 e. The molecule has 0 aliphatic carbocycles. The molecular weight excluding hydrogens is 242 g/mol. The first kappa shape index (κ1) is 13.1. The number of nitrogens with zero attached hydrogens (tertiary/aromatic N) is 3. The number of imidazole rings is 1. The smallest absolute Gasteiger partial charge is 0.251 e. The van der Waals surface area contributed by atoms with Gasteiger partial charge >= 0.3 is 0 Å². The highest BCUT2D eigenvalue weighted by Crippen LogP contribution is 2.06. The van der Waals surface area contributed by atoms with E-state index >= 15 is 0 Å². The van der Waals surface area contributed by atoms with E-state index in [1.807, 2.05) is 17.7 Å². The van der Waals surface area contributed by atoms with E-state index in [2.05, 4.69) is 20.6 Å². The second kappa shape index (κ2) is 5.99. The second-order valence-electron chi connectivity index (χ2n) is 4.31. The molecule has 2 rings (SSSR count). The Kier molecular flexibility index (Phi) is 4.12. The van der Waals surface area contributed by atoms with Gasteiger partial charge in [0.15, 0.2) is 0 Å². The fourth-order valence-electron chi connectivity index (χ4n) is 1.77. The monoisotopic (exact) mass is 259 g/mol. The zero-order chi connectivity index (χ0) is 13.7. The van der Waals surface area contributed by atoms with E-state index in [9.17, 15) is 4.79 Å². The van der Waals surface area contributed by atoms with Gasteiger partial charge in [-0.15, -0.1) is 0 Å². The van der Waals surface area contributed by atoms with E-state index in [4.69, 9.17) is 0 Å². The molecule has 1 unspecified atom stereocenters. The van der Waals surface area contributed by atoms with Gasteiger partial charge in [-0.3, -0.25) is 4.79 Å². The van der Waals surface area contributed by atoms with Crippen LogP contribution in [-0.2, 0) is 6.54 Å². The van der Waals surface area contributed by atoms with Crippen LogP contribution in [0.1, 0.15) is 17.3 Å². The van der Waals surface area contributed by atoms with Gasteiger partial charge in [0.25, 0.3) is 5.91 Å². The van der Waals surface area contributed by atoms with E-state index < -0.39 is 0 Å². The molecule has 0 spiro atoms. The predicted octanol–water partition coefficient (Wildman–Crippen LogP) is 1.14. The molecule has 2 aromatic heterocycles. The average Bonchev–Trinajstić information content (AvgIpc) is 2.91. The molecule has 0 bridgehead atoms. The molecule has 0 aromatic carbocycles. The van der Waals surface area contributed by atoms with E-state index in [1.54, 1.807) is 37.9 Å². The zero-order valence-corrected chi connectivity index (χ0v) is 11.0. The van der Waals surface area contributed by atoms with Gasteiger partial charge in [-0.25, -0.2) is 9.97 Å². The van der Waals surface area contributed by atoms with Crippen molar-refractivity contribution < 1.29 is 4.79 Å². The average molecular weight is 259 g/mol. The summed E-state index contributed by atoms with van der Waals surface area (Å²) in [6, 6.07) is 3.44. The Morgan fingerprint density at radius 1 is 1.47 bits per heavy atom. The van der Waals surface area contributed by atoms with Gasteiger partial charge in [-0.05, 0) is 19.1 Å². The van der Waals surface area contributed by atoms with Gasteiger partial charge in [0.2, 0.25) is 0 Å². The molecule has 2 N–H and O–H groups in total. The summed E-state index contributed by atoms with van der Waals surface area (Å²) in [5, 5.41) is 5.85. The van der Waals surface area contributed by atoms with Crippen LogP contribution < -0.4 is 10.6 Å². The molecule has 1 atom stereocenters. The third kappa shape index (κ3) is 3.54. The largest absolute Gasteiger partial charge is 0.373 e. The SMILES string of the molecule is CNc1cc(C(=O)NC(C)Cn2ccnc2)ccn1. The summed E-state index contributed by atoms with van der Waals surface area (Å²) >= 11 is 0. The fraction of sp³-hybridized carbons (Fsp3) is 0.308. The topological polar surface area (TPSA) is 71.8 Å². The minimum Gasteiger partial charge on any atom is -0.373 e. The standard InChI is InChI=1S/C13H17N5O/c1-10(8-18-6-5-15-9-18)17-13(19)11-3-4-16-12(7-11)14-2/h3-7,9-10H,8H2,1-2H3,(H,14,16)(H,17,19). The molecule has 1 amide bonds. The first-order valence-corrected chi connectivity index (χ1v) is 6.09. The lowest BCUT2D eigenvalue weighted by atomic mass is 10.2. The highest BCUT2D eigenvalue weighted by Gasteiger charge is 2.10. The lowest BCUT2D eigenvalue weighted by molar-refractivity contribution is 0.0936. The van der Waals surface area contributed by atoms with Crippen LogP contribution in [0.25, 0.3) is 0 Å². The highest BCUT2D eigenvalue weighted by atomic mass is 16.1. The number of nitrogens with one attached hydrogen (secondary N) is 2. The van der Waals surface area contributed by atoms with Crippen LogP contribution in [0.2, 0.25) is 0 Å². The number of amides is 1. The third-order valence-electron chi connectivity index (χ3n) is 2.70. The summed E-state index contributed by atoms with van der Waals surface area (Å²) in [4.78, 5) is 20.1. The first-order chi connectivity index (χ1) is 9.19. The first-order valence-electron chi connectivity index (χ1n) is 6.09. The van der Waals surface area contributed by atoms with Crippen molar-refractivity contribution >= 4 is 11.7 Å². The number of carbonyl (C=O) groups excluding carboxylic acids is 1. The number of hydrogen-bond donors (Lipinski definition) is 2.